The molecule has 0 atom stereocenters. The molecule has 3 N–H and O–H groups in total. The van der Waals surface area contributed by atoms with Gasteiger partial charge in [0, 0.05) is 0 Å². The van der Waals surface area contributed by atoms with Gasteiger partial charge in [0.15, 0.2) is 0 Å². The predicted octanol–water partition coefficient (Wildman–Crippen LogP) is 0.431. The molecule has 3 heteroatoms. The van der Waals surface area contributed by atoms with Crippen molar-refractivity contribution in [2.24, 2.45) is 5.90 Å². The van der Waals surface area contributed by atoms with E-state index in [-0.39, 0.29) is 6.61 Å². The Morgan fingerprint density at radius 3 is 2.30 bits per heavy atom. The lowest BCUT2D eigenvalue weighted by atomic mass is 10.2. The zero-order chi connectivity index (χ0) is 7.40. The summed E-state index contributed by atoms with van der Waals surface area (Å²) in [5.41, 5.74) is 0.848. The summed E-state index contributed by atoms with van der Waals surface area (Å²) < 4.78 is 0. The smallest absolute Gasteiger partial charge is 0.146 e. The van der Waals surface area contributed by atoms with Crippen molar-refractivity contribution in [3.63, 3.8) is 0 Å². The third-order valence-electron chi connectivity index (χ3n) is 1.24. The van der Waals surface area contributed by atoms with Crippen molar-refractivity contribution in [3.05, 3.63) is 29.8 Å². The molecule has 1 aromatic rings. The third-order valence-corrected chi connectivity index (χ3v) is 1.24. The Kier molecular flexibility index (Phi) is 2.25. The molecule has 1 aromatic carbocycles. The highest BCUT2D eigenvalue weighted by Gasteiger charge is 1.90. The van der Waals surface area contributed by atoms with Gasteiger partial charge in [0.1, 0.15) is 5.75 Å². The Hall–Kier alpha value is -1.06. The van der Waals surface area contributed by atoms with Crippen LogP contribution in [0.5, 0.6) is 5.75 Å². The highest BCUT2D eigenvalue weighted by Crippen LogP contribution is 2.09. The maximum absolute atomic E-state index is 8.63. The van der Waals surface area contributed by atoms with Crippen LogP contribution in [0.15, 0.2) is 24.3 Å². The first-order chi connectivity index (χ1) is 4.86. The Bertz CT molecular complexity index is 172. The van der Waals surface area contributed by atoms with Gasteiger partial charge in [-0.2, -0.15) is 5.90 Å². The van der Waals surface area contributed by atoms with E-state index < -0.39 is 0 Å². The summed E-state index contributed by atoms with van der Waals surface area (Å²) in [4.78, 5) is 4.43. The summed E-state index contributed by atoms with van der Waals surface area (Å²) in [6.45, 7) is 0.0465. The van der Waals surface area contributed by atoms with Crippen molar-refractivity contribution in [1.82, 2.24) is 0 Å². The quantitative estimate of drug-likeness (QED) is 0.584. The van der Waals surface area contributed by atoms with Gasteiger partial charge in [0.05, 0.1) is 6.61 Å². The fourth-order valence-electron chi connectivity index (χ4n) is 0.673. The molecule has 0 fully saturated rings. The lowest BCUT2D eigenvalue weighted by molar-refractivity contribution is 0.281. The molecule has 0 saturated carbocycles. The lowest BCUT2D eigenvalue weighted by Crippen LogP contribution is -2.01. The second-order valence-corrected chi connectivity index (χ2v) is 1.92. The monoisotopic (exact) mass is 139 g/mol. The van der Waals surface area contributed by atoms with Gasteiger partial charge in [0.2, 0.25) is 0 Å². The summed E-state index contributed by atoms with van der Waals surface area (Å²) in [5, 5.41) is 8.63. The van der Waals surface area contributed by atoms with E-state index in [9.17, 15) is 0 Å². The van der Waals surface area contributed by atoms with Crippen LogP contribution in [0.1, 0.15) is 5.56 Å². The molecule has 0 amide bonds. The topological polar surface area (TPSA) is 55.5 Å². The van der Waals surface area contributed by atoms with Crippen LogP contribution < -0.4 is 10.7 Å². The first kappa shape index (κ1) is 7.05. The molecule has 0 aliphatic heterocycles. The molecule has 0 radical (unpaired) electrons. The fraction of sp³-hybridized carbons (Fsp3) is 0.143. The number of rotatable bonds is 2. The van der Waals surface area contributed by atoms with Crippen LogP contribution in [0.25, 0.3) is 0 Å². The van der Waals surface area contributed by atoms with Crippen LogP contribution in [-0.4, -0.2) is 5.11 Å². The SMILES string of the molecule is NOc1ccc(CO)cc1. The Labute approximate surface area is 59.0 Å². The van der Waals surface area contributed by atoms with E-state index in [1.807, 2.05) is 0 Å². The zero-order valence-electron chi connectivity index (χ0n) is 5.45. The van der Waals surface area contributed by atoms with Crippen LogP contribution in [0.2, 0.25) is 0 Å². The van der Waals surface area contributed by atoms with E-state index in [1.54, 1.807) is 24.3 Å². The highest BCUT2D eigenvalue weighted by molar-refractivity contribution is 5.26. The molecule has 10 heavy (non-hydrogen) atoms. The second-order valence-electron chi connectivity index (χ2n) is 1.92. The average Bonchev–Trinajstić information content (AvgIpc) is 2.05. The molecule has 0 saturated heterocycles. The summed E-state index contributed by atoms with van der Waals surface area (Å²) in [6, 6.07) is 6.90. The second kappa shape index (κ2) is 3.20. The molecular formula is C7H9NO2. The van der Waals surface area contributed by atoms with Gasteiger partial charge in [0.25, 0.3) is 0 Å². The van der Waals surface area contributed by atoms with Crippen LogP contribution in [0, 0.1) is 0 Å². The molecule has 1 rings (SSSR count). The Balaban J connectivity index is 2.80. The van der Waals surface area contributed by atoms with E-state index in [0.717, 1.165) is 5.56 Å². The zero-order valence-corrected chi connectivity index (χ0v) is 5.45. The van der Waals surface area contributed by atoms with E-state index in [0.29, 0.717) is 5.75 Å². The van der Waals surface area contributed by atoms with Gasteiger partial charge in [-0.15, -0.1) is 0 Å². The van der Waals surface area contributed by atoms with Crippen molar-refractivity contribution in [1.29, 1.82) is 0 Å². The predicted molar refractivity (Wildman–Crippen MR) is 37.2 cm³/mol. The van der Waals surface area contributed by atoms with Crippen LogP contribution in [0.4, 0.5) is 0 Å². The molecule has 0 spiro atoms. The lowest BCUT2D eigenvalue weighted by Gasteiger charge is -1.97. The van der Waals surface area contributed by atoms with Crippen LogP contribution in [0.3, 0.4) is 0 Å². The van der Waals surface area contributed by atoms with Gasteiger partial charge in [-0.3, -0.25) is 0 Å². The van der Waals surface area contributed by atoms with Crippen molar-refractivity contribution in [2.45, 2.75) is 6.61 Å². The number of aliphatic hydroxyl groups excluding tert-OH is 1. The van der Waals surface area contributed by atoms with Gasteiger partial charge in [-0.25, -0.2) is 0 Å². The Morgan fingerprint density at radius 1 is 1.30 bits per heavy atom. The number of benzene rings is 1. The minimum Gasteiger partial charge on any atom is -0.412 e. The normalized spacial score (nSPS) is 9.40. The summed E-state index contributed by atoms with van der Waals surface area (Å²) in [6.07, 6.45) is 0. The molecule has 0 unspecified atom stereocenters. The summed E-state index contributed by atoms with van der Waals surface area (Å²) >= 11 is 0. The Morgan fingerprint density at radius 2 is 1.90 bits per heavy atom. The largest absolute Gasteiger partial charge is 0.412 e. The first-order valence-corrected chi connectivity index (χ1v) is 2.93. The highest BCUT2D eigenvalue weighted by atomic mass is 16.6. The molecule has 0 aromatic heterocycles. The molecule has 0 heterocycles. The van der Waals surface area contributed by atoms with Crippen molar-refractivity contribution >= 4 is 0 Å². The van der Waals surface area contributed by atoms with Gasteiger partial charge >= 0.3 is 0 Å². The molecular weight excluding hydrogens is 130 g/mol. The van der Waals surface area contributed by atoms with Gasteiger partial charge in [-0.05, 0) is 17.7 Å². The van der Waals surface area contributed by atoms with E-state index in [1.165, 1.54) is 0 Å². The van der Waals surface area contributed by atoms with Crippen LogP contribution in [-0.2, 0) is 6.61 Å². The maximum atomic E-state index is 8.63. The minimum absolute atomic E-state index is 0.0465. The molecule has 0 aliphatic carbocycles. The van der Waals surface area contributed by atoms with Crippen LogP contribution >= 0.6 is 0 Å². The van der Waals surface area contributed by atoms with E-state index >= 15 is 0 Å². The maximum Gasteiger partial charge on any atom is 0.146 e. The average molecular weight is 139 g/mol. The fourth-order valence-corrected chi connectivity index (χ4v) is 0.673. The standard InChI is InChI=1S/C7H9NO2/c8-10-7-3-1-6(5-9)2-4-7/h1-4,9H,5,8H2. The molecule has 0 bridgehead atoms. The first-order valence-electron chi connectivity index (χ1n) is 2.93. The minimum atomic E-state index is 0.0465. The number of nitrogens with two attached hydrogens (primary N) is 1. The van der Waals surface area contributed by atoms with Crippen molar-refractivity contribution in [3.8, 4) is 5.75 Å². The summed E-state index contributed by atoms with van der Waals surface area (Å²) in [7, 11) is 0. The molecule has 3 nitrogen and oxygen atoms in total. The number of hydrogen-bond donors (Lipinski definition) is 2. The number of hydrogen-bond acceptors (Lipinski definition) is 3. The van der Waals surface area contributed by atoms with E-state index in [4.69, 9.17) is 11.0 Å². The molecule has 0 aliphatic rings. The van der Waals surface area contributed by atoms with Crippen molar-refractivity contribution < 1.29 is 9.94 Å². The third kappa shape index (κ3) is 1.46. The van der Waals surface area contributed by atoms with E-state index in [2.05, 4.69) is 4.84 Å². The van der Waals surface area contributed by atoms with Gasteiger partial charge in [-0.1, -0.05) is 12.1 Å². The van der Waals surface area contributed by atoms with Gasteiger partial charge < -0.3 is 9.94 Å². The van der Waals surface area contributed by atoms with Crippen molar-refractivity contribution in [2.75, 3.05) is 0 Å². The molecule has 54 valence electrons. The number of aliphatic hydroxyl groups is 1. The summed E-state index contributed by atoms with van der Waals surface area (Å²) in [5.74, 6) is 5.47.